The van der Waals surface area contributed by atoms with E-state index >= 15 is 0 Å². The molecule has 1 aliphatic rings. The molecule has 1 fully saturated rings. The van der Waals surface area contributed by atoms with E-state index in [1.807, 2.05) is 18.2 Å². The molecule has 2 aromatic carbocycles. The summed E-state index contributed by atoms with van der Waals surface area (Å²) in [7, 11) is 3.29. The number of piperazine rings is 1. The highest BCUT2D eigenvalue weighted by atomic mass is 35.5. The Labute approximate surface area is 172 Å². The molecule has 0 amide bonds. The van der Waals surface area contributed by atoms with Crippen LogP contribution in [0.5, 0.6) is 11.5 Å². The van der Waals surface area contributed by atoms with Gasteiger partial charge in [-0.2, -0.15) is 0 Å². The number of halogens is 2. The average Bonchev–Trinajstić information content (AvgIpc) is 2.69. The number of ether oxygens (including phenoxy) is 3. The van der Waals surface area contributed by atoms with E-state index in [-0.39, 0.29) is 24.3 Å². The van der Waals surface area contributed by atoms with Crippen molar-refractivity contribution in [3.8, 4) is 11.5 Å². The highest BCUT2D eigenvalue weighted by Gasteiger charge is 2.24. The third-order valence-electron chi connectivity index (χ3n) is 4.75. The van der Waals surface area contributed by atoms with E-state index in [4.69, 9.17) is 14.2 Å². The fourth-order valence-electron chi connectivity index (χ4n) is 3.38. The van der Waals surface area contributed by atoms with Gasteiger partial charge in [0.05, 0.1) is 13.7 Å². The second-order valence-electron chi connectivity index (χ2n) is 6.57. The molecule has 1 N–H and O–H groups in total. The Hall–Kier alpha value is -1.86. The Morgan fingerprint density at radius 2 is 1.96 bits per heavy atom. The van der Waals surface area contributed by atoms with Crippen LogP contribution in [0.4, 0.5) is 4.39 Å². The minimum absolute atomic E-state index is 0. The largest absolute Gasteiger partial charge is 0.493 e. The summed E-state index contributed by atoms with van der Waals surface area (Å²) in [6.07, 6.45) is 0. The van der Waals surface area contributed by atoms with E-state index in [1.165, 1.54) is 6.07 Å². The zero-order valence-corrected chi connectivity index (χ0v) is 17.1. The number of nitrogens with one attached hydrogen (secondary N) is 1. The van der Waals surface area contributed by atoms with Crippen LogP contribution in [0, 0.1) is 5.82 Å². The van der Waals surface area contributed by atoms with Gasteiger partial charge in [0.25, 0.3) is 0 Å². The smallest absolute Gasteiger partial charge is 0.161 e. The molecule has 0 aliphatic carbocycles. The Kier molecular flexibility index (Phi) is 8.99. The summed E-state index contributed by atoms with van der Waals surface area (Å²) in [5, 5.41) is 3.41. The molecule has 0 saturated carbocycles. The predicted octanol–water partition coefficient (Wildman–Crippen LogP) is 3.43. The molecule has 2 aromatic rings. The maximum Gasteiger partial charge on any atom is 0.161 e. The van der Waals surface area contributed by atoms with Crippen molar-refractivity contribution in [2.45, 2.75) is 12.6 Å². The molecule has 5 nitrogen and oxygen atoms in total. The van der Waals surface area contributed by atoms with E-state index in [1.54, 1.807) is 26.4 Å². The van der Waals surface area contributed by atoms with Gasteiger partial charge < -0.3 is 19.5 Å². The van der Waals surface area contributed by atoms with E-state index in [0.717, 1.165) is 37.3 Å². The minimum atomic E-state index is -0.197. The quantitative estimate of drug-likeness (QED) is 0.675. The van der Waals surface area contributed by atoms with Crippen LogP contribution in [0.1, 0.15) is 17.2 Å². The van der Waals surface area contributed by atoms with Gasteiger partial charge in [0.1, 0.15) is 12.4 Å². The summed E-state index contributed by atoms with van der Waals surface area (Å²) in [5.74, 6) is 1.22. The molecule has 0 aromatic heterocycles. The Balaban J connectivity index is 0.00000280. The third kappa shape index (κ3) is 5.82. The molecule has 3 rings (SSSR count). The fourth-order valence-corrected chi connectivity index (χ4v) is 3.38. The SMILES string of the molecule is COCCOc1ccc(CN2CCNCC2c2cccc(F)c2)cc1OC.Cl. The van der Waals surface area contributed by atoms with Gasteiger partial charge in [-0.25, -0.2) is 4.39 Å². The van der Waals surface area contributed by atoms with Crippen molar-refractivity contribution >= 4 is 12.4 Å². The van der Waals surface area contributed by atoms with Gasteiger partial charge in [-0.1, -0.05) is 18.2 Å². The first-order valence-electron chi connectivity index (χ1n) is 9.20. The maximum atomic E-state index is 13.7. The zero-order chi connectivity index (χ0) is 19.1. The van der Waals surface area contributed by atoms with Crippen LogP contribution in [-0.2, 0) is 11.3 Å². The lowest BCUT2D eigenvalue weighted by Crippen LogP contribution is -2.45. The van der Waals surface area contributed by atoms with Crippen molar-refractivity contribution in [2.24, 2.45) is 0 Å². The Bertz CT molecular complexity index is 747. The third-order valence-corrected chi connectivity index (χ3v) is 4.75. The van der Waals surface area contributed by atoms with Gasteiger partial charge in [0.2, 0.25) is 0 Å². The van der Waals surface area contributed by atoms with Crippen LogP contribution in [0.3, 0.4) is 0 Å². The van der Waals surface area contributed by atoms with Crippen molar-refractivity contribution in [2.75, 3.05) is 47.1 Å². The van der Waals surface area contributed by atoms with Crippen molar-refractivity contribution in [3.05, 3.63) is 59.4 Å². The predicted molar refractivity (Wildman–Crippen MR) is 110 cm³/mol. The zero-order valence-electron chi connectivity index (χ0n) is 16.3. The van der Waals surface area contributed by atoms with Crippen LogP contribution in [0.15, 0.2) is 42.5 Å². The maximum absolute atomic E-state index is 13.7. The highest BCUT2D eigenvalue weighted by Crippen LogP contribution is 2.30. The molecule has 1 atom stereocenters. The van der Waals surface area contributed by atoms with Crippen molar-refractivity contribution in [1.82, 2.24) is 10.2 Å². The van der Waals surface area contributed by atoms with E-state index in [2.05, 4.69) is 16.3 Å². The number of hydrogen-bond acceptors (Lipinski definition) is 5. The summed E-state index contributed by atoms with van der Waals surface area (Å²) >= 11 is 0. The number of hydrogen-bond donors (Lipinski definition) is 1. The van der Waals surface area contributed by atoms with Gasteiger partial charge in [0.15, 0.2) is 11.5 Å². The second kappa shape index (κ2) is 11.2. The second-order valence-corrected chi connectivity index (χ2v) is 6.57. The van der Waals surface area contributed by atoms with Gasteiger partial charge in [0, 0.05) is 39.3 Å². The molecule has 0 bridgehead atoms. The molecule has 154 valence electrons. The van der Waals surface area contributed by atoms with Crippen molar-refractivity contribution in [3.63, 3.8) is 0 Å². The summed E-state index contributed by atoms with van der Waals surface area (Å²) in [5.41, 5.74) is 2.13. The first-order valence-corrected chi connectivity index (χ1v) is 9.20. The number of nitrogens with zero attached hydrogens (tertiary/aromatic N) is 1. The molecular weight excluding hydrogens is 383 g/mol. The van der Waals surface area contributed by atoms with Crippen LogP contribution < -0.4 is 14.8 Å². The lowest BCUT2D eigenvalue weighted by Gasteiger charge is -2.36. The topological polar surface area (TPSA) is 43.0 Å². The molecule has 1 heterocycles. The summed E-state index contributed by atoms with van der Waals surface area (Å²) in [4.78, 5) is 2.37. The minimum Gasteiger partial charge on any atom is -0.493 e. The molecule has 0 spiro atoms. The monoisotopic (exact) mass is 410 g/mol. The van der Waals surface area contributed by atoms with Gasteiger partial charge in [-0.3, -0.25) is 4.90 Å². The molecule has 28 heavy (non-hydrogen) atoms. The number of methoxy groups -OCH3 is 2. The van der Waals surface area contributed by atoms with Gasteiger partial charge >= 0.3 is 0 Å². The van der Waals surface area contributed by atoms with Crippen LogP contribution >= 0.6 is 12.4 Å². The summed E-state index contributed by atoms with van der Waals surface area (Å²) < 4.78 is 29.9. The summed E-state index contributed by atoms with van der Waals surface area (Å²) in [6.45, 7) is 4.39. The average molecular weight is 411 g/mol. The van der Waals surface area contributed by atoms with E-state index < -0.39 is 0 Å². The van der Waals surface area contributed by atoms with Crippen LogP contribution in [0.25, 0.3) is 0 Å². The van der Waals surface area contributed by atoms with Crippen molar-refractivity contribution in [1.29, 1.82) is 0 Å². The van der Waals surface area contributed by atoms with Gasteiger partial charge in [-0.15, -0.1) is 12.4 Å². The molecule has 1 unspecified atom stereocenters. The Morgan fingerprint density at radius 3 is 2.71 bits per heavy atom. The number of rotatable bonds is 8. The van der Waals surface area contributed by atoms with Crippen LogP contribution in [0.2, 0.25) is 0 Å². The molecule has 1 saturated heterocycles. The molecular formula is C21H28ClFN2O3. The molecule has 1 aliphatic heterocycles. The van der Waals surface area contributed by atoms with E-state index in [0.29, 0.717) is 24.7 Å². The molecule has 7 heteroatoms. The normalized spacial score (nSPS) is 17.0. The standard InChI is InChI=1S/C21H27FN2O3.ClH/c1-25-10-11-27-20-7-6-16(12-21(20)26-2)15-24-9-8-23-14-19(24)17-4-3-5-18(22)13-17;/h3-7,12-13,19,23H,8-11,14-15H2,1-2H3;1H. The summed E-state index contributed by atoms with van der Waals surface area (Å²) in [6, 6.07) is 13.0. The highest BCUT2D eigenvalue weighted by molar-refractivity contribution is 5.85. The van der Waals surface area contributed by atoms with Crippen molar-refractivity contribution < 1.29 is 18.6 Å². The molecule has 0 radical (unpaired) electrons. The lowest BCUT2D eigenvalue weighted by molar-refractivity contribution is 0.143. The van der Waals surface area contributed by atoms with E-state index in [9.17, 15) is 4.39 Å². The fraction of sp³-hybridized carbons (Fsp3) is 0.429. The number of benzene rings is 2. The first-order chi connectivity index (χ1) is 13.2. The lowest BCUT2D eigenvalue weighted by atomic mass is 10.0. The van der Waals surface area contributed by atoms with Gasteiger partial charge in [-0.05, 0) is 35.4 Å². The first kappa shape index (κ1) is 22.4. The Morgan fingerprint density at radius 1 is 1.11 bits per heavy atom. The van der Waals surface area contributed by atoms with Crippen LogP contribution in [-0.4, -0.2) is 52.0 Å².